The van der Waals surface area contributed by atoms with E-state index >= 15 is 0 Å². The second-order valence-corrected chi connectivity index (χ2v) is 6.41. The fraction of sp³-hybridized carbons (Fsp3) is 0.0952. The zero-order valence-corrected chi connectivity index (χ0v) is 16.2. The Balaban J connectivity index is 1.71. The number of amides is 2. The topological polar surface area (TPSA) is 127 Å². The van der Waals surface area contributed by atoms with E-state index in [0.29, 0.717) is 22.5 Å². The van der Waals surface area contributed by atoms with E-state index in [0.717, 1.165) is 0 Å². The molecule has 2 N–H and O–H groups in total. The van der Waals surface area contributed by atoms with E-state index in [1.807, 2.05) is 0 Å². The second-order valence-electron chi connectivity index (χ2n) is 6.41. The summed E-state index contributed by atoms with van der Waals surface area (Å²) in [6.07, 6.45) is 1.41. The Hall–Kier alpha value is -4.27. The fourth-order valence-electron chi connectivity index (χ4n) is 2.63. The van der Waals surface area contributed by atoms with Crippen LogP contribution < -0.4 is 10.7 Å². The average Bonchev–Trinajstić information content (AvgIpc) is 3.27. The van der Waals surface area contributed by atoms with Crippen molar-refractivity contribution in [1.82, 2.24) is 5.43 Å². The average molecular weight is 406 g/mol. The van der Waals surface area contributed by atoms with Gasteiger partial charge in [-0.2, -0.15) is 5.10 Å². The Morgan fingerprint density at radius 3 is 2.53 bits per heavy atom. The van der Waals surface area contributed by atoms with Gasteiger partial charge < -0.3 is 9.73 Å². The van der Waals surface area contributed by atoms with E-state index in [1.165, 1.54) is 24.5 Å². The SMILES string of the molecule is CC(=NNC(=O)c1ccc(C)c([N+](=O)[O-])c1)c1cccc(NC(=O)c2ccco2)c1. The number of anilines is 1. The molecular weight excluding hydrogens is 388 g/mol. The summed E-state index contributed by atoms with van der Waals surface area (Å²) in [5.41, 5.74) is 4.53. The number of nitrogens with one attached hydrogen (secondary N) is 2. The highest BCUT2D eigenvalue weighted by molar-refractivity contribution is 6.04. The summed E-state index contributed by atoms with van der Waals surface area (Å²) >= 11 is 0. The third kappa shape index (κ3) is 4.76. The number of hydrogen-bond donors (Lipinski definition) is 2. The number of nitrogens with zero attached hydrogens (tertiary/aromatic N) is 2. The molecule has 0 bridgehead atoms. The maximum Gasteiger partial charge on any atom is 0.291 e. The molecule has 0 aliphatic heterocycles. The molecular formula is C21H18N4O5. The Morgan fingerprint density at radius 1 is 1.03 bits per heavy atom. The maximum atomic E-state index is 12.3. The van der Waals surface area contributed by atoms with E-state index in [9.17, 15) is 19.7 Å². The number of benzene rings is 2. The molecule has 0 atom stereocenters. The van der Waals surface area contributed by atoms with Gasteiger partial charge in [0.05, 0.1) is 16.9 Å². The van der Waals surface area contributed by atoms with Crippen LogP contribution in [0.5, 0.6) is 0 Å². The maximum absolute atomic E-state index is 12.3. The van der Waals surface area contributed by atoms with Gasteiger partial charge in [-0.3, -0.25) is 19.7 Å². The van der Waals surface area contributed by atoms with Crippen LogP contribution in [0.4, 0.5) is 11.4 Å². The van der Waals surface area contributed by atoms with Crippen molar-refractivity contribution >= 4 is 28.9 Å². The van der Waals surface area contributed by atoms with Crippen LogP contribution in [-0.4, -0.2) is 22.4 Å². The second kappa shape index (κ2) is 8.82. The van der Waals surface area contributed by atoms with Crippen LogP contribution in [0.25, 0.3) is 0 Å². The van der Waals surface area contributed by atoms with Crippen LogP contribution in [0.2, 0.25) is 0 Å². The quantitative estimate of drug-likeness (QED) is 0.365. The molecule has 0 radical (unpaired) electrons. The Labute approximate surface area is 171 Å². The lowest BCUT2D eigenvalue weighted by atomic mass is 10.1. The molecule has 1 aromatic heterocycles. The molecule has 30 heavy (non-hydrogen) atoms. The fourth-order valence-corrected chi connectivity index (χ4v) is 2.63. The first kappa shape index (κ1) is 20.5. The summed E-state index contributed by atoms with van der Waals surface area (Å²) in [5.74, 6) is -0.772. The van der Waals surface area contributed by atoms with Crippen molar-refractivity contribution in [3.8, 4) is 0 Å². The summed E-state index contributed by atoms with van der Waals surface area (Å²) < 4.78 is 5.06. The Bertz CT molecular complexity index is 1140. The number of carbonyl (C=O) groups is 2. The van der Waals surface area contributed by atoms with Crippen molar-refractivity contribution in [2.24, 2.45) is 5.10 Å². The first-order valence-corrected chi connectivity index (χ1v) is 8.90. The first-order valence-electron chi connectivity index (χ1n) is 8.90. The van der Waals surface area contributed by atoms with Gasteiger partial charge in [-0.15, -0.1) is 0 Å². The molecule has 0 saturated heterocycles. The zero-order chi connectivity index (χ0) is 21.7. The Morgan fingerprint density at radius 2 is 1.83 bits per heavy atom. The molecule has 0 fully saturated rings. The number of nitro benzene ring substituents is 1. The molecule has 9 nitrogen and oxygen atoms in total. The predicted octanol–water partition coefficient (Wildman–Crippen LogP) is 3.90. The zero-order valence-electron chi connectivity index (χ0n) is 16.2. The highest BCUT2D eigenvalue weighted by Gasteiger charge is 2.15. The van der Waals surface area contributed by atoms with Crippen LogP contribution in [0.1, 0.15) is 39.0 Å². The summed E-state index contributed by atoms with van der Waals surface area (Å²) in [6, 6.07) is 14.3. The molecule has 0 aliphatic carbocycles. The first-order chi connectivity index (χ1) is 14.3. The number of carbonyl (C=O) groups excluding carboxylic acids is 2. The van der Waals surface area contributed by atoms with Crippen LogP contribution >= 0.6 is 0 Å². The molecule has 152 valence electrons. The highest BCUT2D eigenvalue weighted by Crippen LogP contribution is 2.19. The molecule has 2 amide bonds. The van der Waals surface area contributed by atoms with Crippen LogP contribution in [0, 0.1) is 17.0 Å². The molecule has 0 saturated carbocycles. The van der Waals surface area contributed by atoms with Gasteiger partial charge in [0.15, 0.2) is 5.76 Å². The molecule has 1 heterocycles. The Kier molecular flexibility index (Phi) is 6.02. The third-order valence-electron chi connectivity index (χ3n) is 4.28. The number of rotatable bonds is 6. The standard InChI is InChI=1S/C21H18N4O5/c1-13-8-9-16(12-18(13)25(28)29)20(26)24-23-14(2)15-5-3-6-17(11-15)22-21(27)19-7-4-10-30-19/h3-12H,1-2H3,(H,22,27)(H,24,26). The number of hydrogen-bond acceptors (Lipinski definition) is 6. The van der Waals surface area contributed by atoms with Gasteiger partial charge in [0.2, 0.25) is 0 Å². The van der Waals surface area contributed by atoms with Crippen molar-refractivity contribution in [2.45, 2.75) is 13.8 Å². The number of nitro groups is 1. The van der Waals surface area contributed by atoms with E-state index in [4.69, 9.17) is 4.42 Å². The largest absolute Gasteiger partial charge is 0.459 e. The lowest BCUT2D eigenvalue weighted by Gasteiger charge is -2.07. The summed E-state index contributed by atoms with van der Waals surface area (Å²) in [5, 5.41) is 17.8. The van der Waals surface area contributed by atoms with E-state index in [2.05, 4.69) is 15.8 Å². The van der Waals surface area contributed by atoms with Crippen LogP contribution in [0.3, 0.4) is 0 Å². The lowest BCUT2D eigenvalue weighted by molar-refractivity contribution is -0.385. The molecule has 3 aromatic rings. The van der Waals surface area contributed by atoms with Gasteiger partial charge in [0.25, 0.3) is 17.5 Å². The van der Waals surface area contributed by atoms with Crippen molar-refractivity contribution in [3.05, 3.63) is 93.4 Å². The minimum absolute atomic E-state index is 0.128. The van der Waals surface area contributed by atoms with E-state index in [1.54, 1.807) is 50.2 Å². The number of aryl methyl sites for hydroxylation is 1. The summed E-state index contributed by atoms with van der Waals surface area (Å²) in [6.45, 7) is 3.28. The van der Waals surface area contributed by atoms with Crippen molar-refractivity contribution < 1.29 is 18.9 Å². The molecule has 0 unspecified atom stereocenters. The molecule has 0 spiro atoms. The summed E-state index contributed by atoms with van der Waals surface area (Å²) in [7, 11) is 0. The van der Waals surface area contributed by atoms with Gasteiger partial charge >= 0.3 is 0 Å². The summed E-state index contributed by atoms with van der Waals surface area (Å²) in [4.78, 5) is 34.9. The predicted molar refractivity (Wildman–Crippen MR) is 111 cm³/mol. The van der Waals surface area contributed by atoms with Crippen LogP contribution in [-0.2, 0) is 0 Å². The number of hydrazone groups is 1. The van der Waals surface area contributed by atoms with Gasteiger partial charge in [-0.1, -0.05) is 18.2 Å². The van der Waals surface area contributed by atoms with Gasteiger partial charge in [-0.05, 0) is 49.7 Å². The monoisotopic (exact) mass is 406 g/mol. The van der Waals surface area contributed by atoms with E-state index < -0.39 is 10.8 Å². The minimum atomic E-state index is -0.570. The lowest BCUT2D eigenvalue weighted by Crippen LogP contribution is -2.19. The van der Waals surface area contributed by atoms with Crippen molar-refractivity contribution in [2.75, 3.05) is 5.32 Å². The van der Waals surface area contributed by atoms with Crippen molar-refractivity contribution in [1.29, 1.82) is 0 Å². The highest BCUT2D eigenvalue weighted by atomic mass is 16.6. The number of furan rings is 1. The molecule has 3 rings (SSSR count). The van der Waals surface area contributed by atoms with E-state index in [-0.39, 0.29) is 22.9 Å². The molecule has 9 heteroatoms. The molecule has 0 aliphatic rings. The third-order valence-corrected chi connectivity index (χ3v) is 4.28. The minimum Gasteiger partial charge on any atom is -0.459 e. The van der Waals surface area contributed by atoms with Gasteiger partial charge in [0, 0.05) is 22.9 Å². The smallest absolute Gasteiger partial charge is 0.291 e. The van der Waals surface area contributed by atoms with Gasteiger partial charge in [-0.25, -0.2) is 5.43 Å². The normalized spacial score (nSPS) is 11.1. The molecule has 2 aromatic carbocycles. The van der Waals surface area contributed by atoms with Crippen molar-refractivity contribution in [3.63, 3.8) is 0 Å². The van der Waals surface area contributed by atoms with Gasteiger partial charge in [0.1, 0.15) is 0 Å². The van der Waals surface area contributed by atoms with Crippen LogP contribution in [0.15, 0.2) is 70.4 Å².